The Labute approximate surface area is 163 Å². The number of amides is 4. The molecule has 2 aliphatic heterocycles. The number of hydrogen-bond acceptors (Lipinski definition) is 4. The third-order valence-electron chi connectivity index (χ3n) is 5.75. The molecule has 7 heteroatoms. The van der Waals surface area contributed by atoms with Gasteiger partial charge in [0.05, 0.1) is 24.3 Å². The highest BCUT2D eigenvalue weighted by molar-refractivity contribution is 6.06. The number of fused-ring (bicyclic) bond motifs is 1. The van der Waals surface area contributed by atoms with Gasteiger partial charge in [0, 0.05) is 25.7 Å². The van der Waals surface area contributed by atoms with Crippen LogP contribution in [0.25, 0.3) is 0 Å². The molecule has 7 nitrogen and oxygen atoms in total. The molecule has 2 unspecified atom stereocenters. The Kier molecular flexibility index (Phi) is 4.75. The van der Waals surface area contributed by atoms with E-state index in [9.17, 15) is 19.2 Å². The fraction of sp³-hybridized carbons (Fsp3) is 0.429. The lowest BCUT2D eigenvalue weighted by molar-refractivity contribution is -0.152. The lowest BCUT2D eigenvalue weighted by atomic mass is 9.85. The number of likely N-dealkylation sites (tertiary alicyclic amines) is 2. The number of nitrogens with zero attached hydrogens (tertiary/aromatic N) is 2. The van der Waals surface area contributed by atoms with Crippen LogP contribution < -0.4 is 5.32 Å². The lowest BCUT2D eigenvalue weighted by Gasteiger charge is -2.43. The van der Waals surface area contributed by atoms with E-state index >= 15 is 0 Å². The van der Waals surface area contributed by atoms with Crippen LogP contribution in [0.4, 0.5) is 5.69 Å². The zero-order valence-corrected chi connectivity index (χ0v) is 15.8. The van der Waals surface area contributed by atoms with Gasteiger partial charge in [0.15, 0.2) is 0 Å². The molecule has 0 saturated carbocycles. The zero-order valence-electron chi connectivity index (χ0n) is 15.8. The van der Waals surface area contributed by atoms with Crippen LogP contribution in [0.5, 0.6) is 0 Å². The largest absolute Gasteiger partial charge is 0.338 e. The van der Waals surface area contributed by atoms with Gasteiger partial charge in [-0.15, -0.1) is 0 Å². The molecule has 1 aromatic rings. The van der Waals surface area contributed by atoms with E-state index in [4.69, 9.17) is 0 Å². The normalized spacial score (nSPS) is 24.2. The van der Waals surface area contributed by atoms with Gasteiger partial charge in [-0.25, -0.2) is 0 Å². The molecule has 0 aromatic heterocycles. The number of nitrogens with one attached hydrogen (secondary N) is 1. The number of anilines is 1. The first-order valence-corrected chi connectivity index (χ1v) is 9.60. The summed E-state index contributed by atoms with van der Waals surface area (Å²) in [6.45, 7) is 2.26. The number of carbonyl (C=O) groups excluding carboxylic acids is 4. The van der Waals surface area contributed by atoms with E-state index in [1.807, 2.05) is 24.3 Å². The van der Waals surface area contributed by atoms with E-state index in [-0.39, 0.29) is 47.9 Å². The Morgan fingerprint density at radius 2 is 1.57 bits per heavy atom. The fourth-order valence-electron chi connectivity index (χ4n) is 4.20. The molecule has 3 aliphatic rings. The molecule has 146 valence electrons. The summed E-state index contributed by atoms with van der Waals surface area (Å²) < 4.78 is 0. The topological polar surface area (TPSA) is 86.8 Å². The van der Waals surface area contributed by atoms with E-state index in [0.717, 1.165) is 5.56 Å². The number of allylic oxidation sites excluding steroid dienone is 2. The quantitative estimate of drug-likeness (QED) is 0.630. The summed E-state index contributed by atoms with van der Waals surface area (Å²) in [7, 11) is 0. The molecule has 2 atom stereocenters. The molecule has 4 rings (SSSR count). The summed E-state index contributed by atoms with van der Waals surface area (Å²) >= 11 is 0. The molecule has 0 radical (unpaired) electrons. The van der Waals surface area contributed by atoms with Gasteiger partial charge in [0.1, 0.15) is 0 Å². The summed E-state index contributed by atoms with van der Waals surface area (Å²) in [5.74, 6) is -0.762. The molecule has 28 heavy (non-hydrogen) atoms. The first-order valence-electron chi connectivity index (χ1n) is 9.60. The van der Waals surface area contributed by atoms with Crippen molar-refractivity contribution in [3.63, 3.8) is 0 Å². The van der Waals surface area contributed by atoms with Crippen molar-refractivity contribution in [3.8, 4) is 0 Å². The standard InChI is InChI=1S/C21H23N3O4/c1-13(25)22-15-8-6-14(7-9-15)10-19(26)23-11-16(12-23)24-20(27)17-4-2-3-5-18(17)21(24)28/h2-3,6-9,16-18H,4-5,10-12H2,1H3,(H,22,25). The molecule has 1 aromatic carbocycles. The van der Waals surface area contributed by atoms with Gasteiger partial charge in [-0.1, -0.05) is 24.3 Å². The van der Waals surface area contributed by atoms with Crippen LogP contribution in [0.1, 0.15) is 25.3 Å². The van der Waals surface area contributed by atoms with Crippen molar-refractivity contribution >= 4 is 29.3 Å². The van der Waals surface area contributed by atoms with Gasteiger partial charge in [0.2, 0.25) is 23.6 Å². The summed E-state index contributed by atoms with van der Waals surface area (Å²) in [6.07, 6.45) is 5.47. The van der Waals surface area contributed by atoms with E-state index in [2.05, 4.69) is 5.32 Å². The molecule has 1 N–H and O–H groups in total. The average Bonchev–Trinajstić information content (AvgIpc) is 2.87. The number of imide groups is 1. The molecule has 2 heterocycles. The maximum absolute atomic E-state index is 12.6. The SMILES string of the molecule is CC(=O)Nc1ccc(CC(=O)N2CC(N3C(=O)C4CC=CCC4C3=O)C2)cc1. The summed E-state index contributed by atoms with van der Waals surface area (Å²) in [5.41, 5.74) is 1.54. The van der Waals surface area contributed by atoms with Gasteiger partial charge in [-0.2, -0.15) is 0 Å². The fourth-order valence-corrected chi connectivity index (χ4v) is 4.20. The third kappa shape index (κ3) is 3.32. The van der Waals surface area contributed by atoms with Crippen molar-refractivity contribution in [1.82, 2.24) is 9.80 Å². The first-order chi connectivity index (χ1) is 13.4. The minimum Gasteiger partial charge on any atom is -0.338 e. The highest BCUT2D eigenvalue weighted by atomic mass is 16.2. The number of benzene rings is 1. The first kappa shape index (κ1) is 18.4. The van der Waals surface area contributed by atoms with Gasteiger partial charge in [0.25, 0.3) is 0 Å². The number of carbonyl (C=O) groups is 4. The molecule has 4 amide bonds. The molecule has 1 aliphatic carbocycles. The van der Waals surface area contributed by atoms with Gasteiger partial charge in [-0.3, -0.25) is 24.1 Å². The zero-order chi connectivity index (χ0) is 19.8. The maximum Gasteiger partial charge on any atom is 0.233 e. The van der Waals surface area contributed by atoms with Crippen LogP contribution in [0, 0.1) is 11.8 Å². The predicted molar refractivity (Wildman–Crippen MR) is 102 cm³/mol. The summed E-state index contributed by atoms with van der Waals surface area (Å²) in [4.78, 5) is 51.8. The van der Waals surface area contributed by atoms with Gasteiger partial charge in [-0.05, 0) is 30.5 Å². The second-order valence-corrected chi connectivity index (χ2v) is 7.71. The van der Waals surface area contributed by atoms with Crippen LogP contribution in [0.2, 0.25) is 0 Å². The highest BCUT2D eigenvalue weighted by Gasteiger charge is 2.52. The predicted octanol–water partition coefficient (Wildman–Crippen LogP) is 1.35. The van der Waals surface area contributed by atoms with Crippen LogP contribution in [-0.4, -0.2) is 52.6 Å². The van der Waals surface area contributed by atoms with Gasteiger partial charge >= 0.3 is 0 Å². The average molecular weight is 381 g/mol. The Morgan fingerprint density at radius 3 is 2.11 bits per heavy atom. The number of rotatable bonds is 4. The molecular weight excluding hydrogens is 358 g/mol. The second kappa shape index (κ2) is 7.22. The third-order valence-corrected chi connectivity index (χ3v) is 5.75. The van der Waals surface area contributed by atoms with Crippen molar-refractivity contribution in [2.75, 3.05) is 18.4 Å². The maximum atomic E-state index is 12.6. The minimum absolute atomic E-state index is 0.0262. The van der Waals surface area contributed by atoms with Crippen LogP contribution in [-0.2, 0) is 25.6 Å². The molecule has 0 spiro atoms. The Morgan fingerprint density at radius 1 is 1.00 bits per heavy atom. The lowest BCUT2D eigenvalue weighted by Crippen LogP contribution is -2.62. The Hall–Kier alpha value is -2.96. The van der Waals surface area contributed by atoms with Crippen molar-refractivity contribution < 1.29 is 19.2 Å². The molecule has 2 fully saturated rings. The molecule has 2 saturated heterocycles. The van der Waals surface area contributed by atoms with Crippen LogP contribution in [0.15, 0.2) is 36.4 Å². The van der Waals surface area contributed by atoms with E-state index < -0.39 is 0 Å². The van der Waals surface area contributed by atoms with Gasteiger partial charge < -0.3 is 10.2 Å². The van der Waals surface area contributed by atoms with Crippen molar-refractivity contribution in [2.24, 2.45) is 11.8 Å². The van der Waals surface area contributed by atoms with E-state index in [1.165, 1.54) is 11.8 Å². The summed E-state index contributed by atoms with van der Waals surface area (Å²) in [5, 5.41) is 2.69. The Balaban J connectivity index is 1.31. The van der Waals surface area contributed by atoms with Crippen LogP contribution in [0.3, 0.4) is 0 Å². The molecular formula is C21H23N3O4. The number of hydrogen-bond donors (Lipinski definition) is 1. The van der Waals surface area contributed by atoms with Crippen LogP contribution >= 0.6 is 0 Å². The monoisotopic (exact) mass is 381 g/mol. The van der Waals surface area contributed by atoms with Crippen molar-refractivity contribution in [2.45, 2.75) is 32.2 Å². The smallest absolute Gasteiger partial charge is 0.233 e. The highest BCUT2D eigenvalue weighted by Crippen LogP contribution is 2.37. The second-order valence-electron chi connectivity index (χ2n) is 7.71. The molecule has 0 bridgehead atoms. The van der Waals surface area contributed by atoms with Crippen molar-refractivity contribution in [3.05, 3.63) is 42.0 Å². The van der Waals surface area contributed by atoms with E-state index in [0.29, 0.717) is 31.6 Å². The minimum atomic E-state index is -0.218. The van der Waals surface area contributed by atoms with E-state index in [1.54, 1.807) is 17.0 Å². The van der Waals surface area contributed by atoms with Crippen molar-refractivity contribution in [1.29, 1.82) is 0 Å². The summed E-state index contributed by atoms with van der Waals surface area (Å²) in [6, 6.07) is 6.95. The Bertz CT molecular complexity index is 829.